The van der Waals surface area contributed by atoms with Crippen LogP contribution >= 0.6 is 11.8 Å². The lowest BCUT2D eigenvalue weighted by Crippen LogP contribution is -2.52. The molecule has 0 bridgehead atoms. The maximum Gasteiger partial charge on any atom is 0.326 e. The van der Waals surface area contributed by atoms with Gasteiger partial charge in [0.2, 0.25) is 0 Å². The average Bonchev–Trinajstić information content (AvgIpc) is 2.38. The topological polar surface area (TPSA) is 69.6 Å². The zero-order chi connectivity index (χ0) is 13.4. The van der Waals surface area contributed by atoms with Crippen molar-refractivity contribution < 1.29 is 14.7 Å². The van der Waals surface area contributed by atoms with Crippen LogP contribution in [-0.4, -0.2) is 52.6 Å². The first kappa shape index (κ1) is 14.9. The molecule has 1 atom stereocenters. The van der Waals surface area contributed by atoms with Crippen LogP contribution < -0.4 is 5.32 Å². The maximum atomic E-state index is 11.9. The van der Waals surface area contributed by atoms with Crippen molar-refractivity contribution in [1.82, 2.24) is 10.2 Å². The van der Waals surface area contributed by atoms with Crippen LogP contribution in [0.3, 0.4) is 0 Å². The molecule has 1 aliphatic heterocycles. The Morgan fingerprint density at radius 3 is 2.94 bits per heavy atom. The lowest BCUT2D eigenvalue weighted by Gasteiger charge is -2.32. The quantitative estimate of drug-likeness (QED) is 0.568. The molecule has 0 aromatic heterocycles. The molecule has 0 aliphatic carbocycles. The van der Waals surface area contributed by atoms with Crippen LogP contribution in [0.2, 0.25) is 0 Å². The highest BCUT2D eigenvalue weighted by atomic mass is 32.2. The third-order valence-electron chi connectivity index (χ3n) is 2.81. The molecule has 0 aromatic carbocycles. The molecule has 0 radical (unpaired) electrons. The fourth-order valence-electron chi connectivity index (χ4n) is 1.93. The SMILES string of the molecule is C=CCSCCNC(=O)N1CCCCC1C(=O)O. The monoisotopic (exact) mass is 272 g/mol. The Morgan fingerprint density at radius 1 is 1.50 bits per heavy atom. The average molecular weight is 272 g/mol. The van der Waals surface area contributed by atoms with Crippen LogP contribution in [0.4, 0.5) is 4.79 Å². The van der Waals surface area contributed by atoms with Gasteiger partial charge in [0.15, 0.2) is 0 Å². The number of aliphatic carboxylic acids is 1. The Hall–Kier alpha value is -1.17. The molecule has 5 nitrogen and oxygen atoms in total. The number of piperidine rings is 1. The van der Waals surface area contributed by atoms with E-state index in [4.69, 9.17) is 5.11 Å². The van der Waals surface area contributed by atoms with E-state index in [0.717, 1.165) is 24.3 Å². The molecule has 18 heavy (non-hydrogen) atoms. The minimum absolute atomic E-state index is 0.263. The molecular weight excluding hydrogens is 252 g/mol. The molecular formula is C12H20N2O3S. The largest absolute Gasteiger partial charge is 0.480 e. The van der Waals surface area contributed by atoms with Crippen LogP contribution in [0.15, 0.2) is 12.7 Å². The first-order valence-corrected chi connectivity index (χ1v) is 7.28. The minimum atomic E-state index is -0.911. The van der Waals surface area contributed by atoms with E-state index in [2.05, 4.69) is 11.9 Å². The second-order valence-corrected chi connectivity index (χ2v) is 5.29. The lowest BCUT2D eigenvalue weighted by molar-refractivity contribution is -0.143. The van der Waals surface area contributed by atoms with Gasteiger partial charge >= 0.3 is 12.0 Å². The fourth-order valence-corrected chi connectivity index (χ4v) is 2.51. The van der Waals surface area contributed by atoms with E-state index in [0.29, 0.717) is 19.5 Å². The maximum absolute atomic E-state index is 11.9. The van der Waals surface area contributed by atoms with E-state index in [1.165, 1.54) is 4.90 Å². The highest BCUT2D eigenvalue weighted by molar-refractivity contribution is 7.99. The highest BCUT2D eigenvalue weighted by Crippen LogP contribution is 2.17. The van der Waals surface area contributed by atoms with Gasteiger partial charge in [0, 0.05) is 24.6 Å². The number of thioether (sulfide) groups is 1. The number of carbonyl (C=O) groups is 2. The standard InChI is InChI=1S/C12H20N2O3S/c1-2-8-18-9-6-13-12(17)14-7-4-3-5-10(14)11(15)16/h2,10H,1,3-9H2,(H,13,17)(H,15,16). The molecule has 6 heteroatoms. The smallest absolute Gasteiger partial charge is 0.326 e. The Labute approximate surface area is 112 Å². The molecule has 1 fully saturated rings. The van der Waals surface area contributed by atoms with Gasteiger partial charge in [-0.3, -0.25) is 0 Å². The summed E-state index contributed by atoms with van der Waals surface area (Å²) in [6.45, 7) is 4.70. The van der Waals surface area contributed by atoms with Crippen LogP contribution in [0.25, 0.3) is 0 Å². The predicted octanol–water partition coefficient (Wildman–Crippen LogP) is 1.55. The van der Waals surface area contributed by atoms with Gasteiger partial charge in [-0.15, -0.1) is 6.58 Å². The van der Waals surface area contributed by atoms with Gasteiger partial charge in [0.25, 0.3) is 0 Å². The van der Waals surface area contributed by atoms with Crippen LogP contribution in [0.5, 0.6) is 0 Å². The first-order chi connectivity index (χ1) is 8.66. The number of nitrogens with one attached hydrogen (secondary N) is 1. The summed E-state index contributed by atoms with van der Waals surface area (Å²) in [4.78, 5) is 24.3. The number of carbonyl (C=O) groups excluding carboxylic acids is 1. The summed E-state index contributed by atoms with van der Waals surface area (Å²) in [7, 11) is 0. The first-order valence-electron chi connectivity index (χ1n) is 6.12. The normalized spacial score (nSPS) is 19.3. The van der Waals surface area contributed by atoms with Crippen LogP contribution in [0.1, 0.15) is 19.3 Å². The molecule has 1 saturated heterocycles. The molecule has 1 unspecified atom stereocenters. The highest BCUT2D eigenvalue weighted by Gasteiger charge is 2.31. The van der Waals surface area contributed by atoms with Gasteiger partial charge in [0.05, 0.1) is 0 Å². The second-order valence-electron chi connectivity index (χ2n) is 4.14. The second kappa shape index (κ2) is 8.02. The van der Waals surface area contributed by atoms with Crippen molar-refractivity contribution in [3.63, 3.8) is 0 Å². The van der Waals surface area contributed by atoms with E-state index >= 15 is 0 Å². The van der Waals surface area contributed by atoms with Gasteiger partial charge in [-0.05, 0) is 19.3 Å². The van der Waals surface area contributed by atoms with E-state index in [-0.39, 0.29) is 6.03 Å². The zero-order valence-corrected chi connectivity index (χ0v) is 11.2. The van der Waals surface area contributed by atoms with Gasteiger partial charge in [0.1, 0.15) is 6.04 Å². The Balaban J connectivity index is 2.34. The van der Waals surface area contributed by atoms with Crippen molar-refractivity contribution in [2.24, 2.45) is 0 Å². The number of amides is 2. The summed E-state index contributed by atoms with van der Waals surface area (Å²) >= 11 is 1.68. The van der Waals surface area contributed by atoms with E-state index in [9.17, 15) is 9.59 Å². The number of likely N-dealkylation sites (tertiary alicyclic amines) is 1. The number of urea groups is 1. The van der Waals surface area contributed by atoms with Crippen molar-refractivity contribution in [2.75, 3.05) is 24.6 Å². The molecule has 1 aliphatic rings. The molecule has 0 aromatic rings. The summed E-state index contributed by atoms with van der Waals surface area (Å²) in [5.41, 5.74) is 0. The number of hydrogen-bond donors (Lipinski definition) is 2. The van der Waals surface area contributed by atoms with Crippen molar-refractivity contribution in [1.29, 1.82) is 0 Å². The number of carboxylic acid groups (broad SMARTS) is 1. The zero-order valence-electron chi connectivity index (χ0n) is 10.4. The summed E-state index contributed by atoms with van der Waals surface area (Å²) in [6, 6.07) is -0.930. The van der Waals surface area contributed by atoms with Gasteiger partial charge < -0.3 is 15.3 Å². The summed E-state index contributed by atoms with van der Waals surface area (Å²) in [5.74, 6) is 0.756. The van der Waals surface area contributed by atoms with Gasteiger partial charge in [-0.25, -0.2) is 9.59 Å². The Kier molecular flexibility index (Phi) is 6.64. The van der Waals surface area contributed by atoms with Crippen molar-refractivity contribution >= 4 is 23.8 Å². The summed E-state index contributed by atoms with van der Waals surface area (Å²) in [5, 5.41) is 11.8. The minimum Gasteiger partial charge on any atom is -0.480 e. The molecule has 1 heterocycles. The summed E-state index contributed by atoms with van der Waals surface area (Å²) in [6.07, 6.45) is 4.11. The number of nitrogens with zero attached hydrogens (tertiary/aromatic N) is 1. The van der Waals surface area contributed by atoms with E-state index in [1.54, 1.807) is 11.8 Å². The van der Waals surface area contributed by atoms with Crippen molar-refractivity contribution in [3.05, 3.63) is 12.7 Å². The molecule has 2 N–H and O–H groups in total. The molecule has 2 amide bonds. The van der Waals surface area contributed by atoms with E-state index in [1.807, 2.05) is 6.08 Å². The number of carboxylic acids is 1. The lowest BCUT2D eigenvalue weighted by atomic mass is 10.0. The van der Waals surface area contributed by atoms with Crippen molar-refractivity contribution in [2.45, 2.75) is 25.3 Å². The number of rotatable bonds is 6. The van der Waals surface area contributed by atoms with Gasteiger partial charge in [-0.1, -0.05) is 6.08 Å². The van der Waals surface area contributed by atoms with Gasteiger partial charge in [-0.2, -0.15) is 11.8 Å². The Morgan fingerprint density at radius 2 is 2.28 bits per heavy atom. The predicted molar refractivity (Wildman–Crippen MR) is 72.9 cm³/mol. The Bertz CT molecular complexity index is 310. The third-order valence-corrected chi connectivity index (χ3v) is 3.77. The molecule has 0 spiro atoms. The number of hydrogen-bond acceptors (Lipinski definition) is 3. The molecule has 1 rings (SSSR count). The van der Waals surface area contributed by atoms with Crippen LogP contribution in [-0.2, 0) is 4.79 Å². The molecule has 0 saturated carbocycles. The van der Waals surface area contributed by atoms with E-state index < -0.39 is 12.0 Å². The third kappa shape index (κ3) is 4.60. The molecule has 102 valence electrons. The fraction of sp³-hybridized carbons (Fsp3) is 0.667. The van der Waals surface area contributed by atoms with Crippen LogP contribution in [0, 0.1) is 0 Å². The summed E-state index contributed by atoms with van der Waals surface area (Å²) < 4.78 is 0. The van der Waals surface area contributed by atoms with Crippen molar-refractivity contribution in [3.8, 4) is 0 Å².